The molecule has 19 heteroatoms. The van der Waals surface area contributed by atoms with Gasteiger partial charge in [0, 0.05) is 52.6 Å². The van der Waals surface area contributed by atoms with E-state index in [-0.39, 0.29) is 25.9 Å². The average molecular weight is 868 g/mol. The highest BCUT2D eigenvalue weighted by atomic mass is 16.7. The van der Waals surface area contributed by atoms with Crippen LogP contribution in [0, 0.1) is 28.9 Å². The fraction of sp³-hybridized carbons (Fsp3) is 0.902. The molecular weight excluding hydrogens is 794 g/mol. The molecule has 60 heavy (non-hydrogen) atoms. The van der Waals surface area contributed by atoms with Gasteiger partial charge in [-0.15, -0.1) is 0 Å². The van der Waals surface area contributed by atoms with E-state index in [1.54, 1.807) is 27.7 Å². The van der Waals surface area contributed by atoms with Crippen LogP contribution < -0.4 is 0 Å². The van der Waals surface area contributed by atoms with Crippen LogP contribution in [0.5, 0.6) is 0 Å². The first-order valence-corrected chi connectivity index (χ1v) is 20.8. The Kier molecular flexibility index (Phi) is 19.9. The van der Waals surface area contributed by atoms with Gasteiger partial charge >= 0.3 is 5.97 Å². The molecule has 3 aliphatic heterocycles. The van der Waals surface area contributed by atoms with E-state index >= 15 is 0 Å². The predicted octanol–water partition coefficient (Wildman–Crippen LogP) is 0.161. The topological polar surface area (TPSA) is 262 Å². The predicted molar refractivity (Wildman–Crippen MR) is 212 cm³/mol. The second kappa shape index (κ2) is 22.7. The van der Waals surface area contributed by atoms with E-state index in [0.717, 1.165) is 6.08 Å². The summed E-state index contributed by atoms with van der Waals surface area (Å²) in [6.45, 7) is 9.06. The van der Waals surface area contributed by atoms with E-state index in [2.05, 4.69) is 0 Å². The molecule has 2 saturated heterocycles. The van der Waals surface area contributed by atoms with Crippen LogP contribution in [0.3, 0.4) is 0 Å². The zero-order valence-electron chi connectivity index (χ0n) is 37.2. The van der Waals surface area contributed by atoms with E-state index < -0.39 is 144 Å². The average Bonchev–Trinajstić information content (AvgIpc) is 3.18. The van der Waals surface area contributed by atoms with Crippen molar-refractivity contribution in [2.75, 3.05) is 49.1 Å². The van der Waals surface area contributed by atoms with E-state index in [4.69, 9.17) is 42.6 Å². The normalized spacial score (nSPS) is 43.8. The van der Waals surface area contributed by atoms with Crippen molar-refractivity contribution in [2.24, 2.45) is 23.7 Å². The lowest BCUT2D eigenvalue weighted by Gasteiger charge is -2.52. The Morgan fingerprint density at radius 1 is 0.883 bits per heavy atom. The lowest BCUT2D eigenvalue weighted by atomic mass is 9.79. The number of carbonyl (C=O) groups excluding carboxylic acids is 2. The molecule has 2 fully saturated rings. The second-order valence-electron chi connectivity index (χ2n) is 17.3. The van der Waals surface area contributed by atoms with Gasteiger partial charge in [0.05, 0.1) is 57.6 Å². The van der Waals surface area contributed by atoms with Crippen LogP contribution in [0.1, 0.15) is 67.2 Å². The Hall–Kier alpha value is -1.76. The molecule has 0 spiro atoms. The number of nitrogens with zero attached hydrogens (tertiary/aromatic N) is 1. The molecule has 0 aromatic rings. The summed E-state index contributed by atoms with van der Waals surface area (Å²) in [6, 6.07) is -1.28. The molecule has 0 radical (unpaired) electrons. The van der Waals surface area contributed by atoms with Crippen LogP contribution >= 0.6 is 0 Å². The molecule has 3 heterocycles. The summed E-state index contributed by atoms with van der Waals surface area (Å²) in [4.78, 5) is 27.6. The van der Waals surface area contributed by atoms with Crippen molar-refractivity contribution >= 4 is 11.8 Å². The number of ether oxygens (including phenoxy) is 9. The van der Waals surface area contributed by atoms with Gasteiger partial charge in [-0.05, 0) is 51.7 Å². The molecule has 0 saturated carbocycles. The molecule has 350 valence electrons. The fourth-order valence-electron chi connectivity index (χ4n) is 8.61. The molecule has 19 nitrogen and oxygen atoms in total. The molecule has 3 aliphatic rings. The molecule has 19 atom stereocenters. The largest absolute Gasteiger partial charge is 0.633 e. The number of allylic oxidation sites excluding steroid dienone is 1. The zero-order chi connectivity index (χ0) is 45.4. The van der Waals surface area contributed by atoms with Crippen molar-refractivity contribution in [3.8, 4) is 0 Å². The van der Waals surface area contributed by atoms with E-state index in [0.29, 0.717) is 0 Å². The quantitative estimate of drug-likeness (QED) is 0.0624. The summed E-state index contributed by atoms with van der Waals surface area (Å²) in [7, 11) is 8.21. The number of hydroxylamine groups is 3. The minimum atomic E-state index is -2.08. The third-order valence-corrected chi connectivity index (χ3v) is 12.5. The molecule has 0 aliphatic carbocycles. The van der Waals surface area contributed by atoms with Gasteiger partial charge in [-0.25, -0.2) is 0 Å². The maximum Gasteiger partial charge on any atom is 0.308 e. The highest BCUT2D eigenvalue weighted by Gasteiger charge is 2.52. The number of likely N-dealkylation sites (N-methyl/N-ethyl adjacent to an activating group) is 1. The first-order chi connectivity index (χ1) is 28.0. The van der Waals surface area contributed by atoms with Crippen LogP contribution in [-0.4, -0.2) is 194 Å². The Bertz CT molecular complexity index is 1360. The monoisotopic (exact) mass is 867 g/mol. The molecule has 0 bridgehead atoms. The first kappa shape index (κ1) is 52.6. The second-order valence-corrected chi connectivity index (χ2v) is 17.3. The highest BCUT2D eigenvalue weighted by molar-refractivity contribution is 5.91. The number of esters is 1. The number of hydrogen-bond donors (Lipinski definition) is 6. The van der Waals surface area contributed by atoms with Gasteiger partial charge < -0.3 is 83.1 Å². The van der Waals surface area contributed by atoms with Gasteiger partial charge in [-0.3, -0.25) is 9.59 Å². The third kappa shape index (κ3) is 12.9. The number of ketones is 1. The van der Waals surface area contributed by atoms with Crippen molar-refractivity contribution in [3.63, 3.8) is 0 Å². The number of aliphatic hydroxyl groups is 6. The summed E-state index contributed by atoms with van der Waals surface area (Å²) in [5.41, 5.74) is -2.08. The van der Waals surface area contributed by atoms with Gasteiger partial charge in [-0.2, -0.15) is 0 Å². The summed E-state index contributed by atoms with van der Waals surface area (Å²) < 4.78 is 51.4. The number of quaternary nitrogens is 1. The Balaban J connectivity index is 2.08. The standard InChI is InChI=1S/C41H73NO18/c1-13-28-25(19-56-40-37(55-12)36(54-11)33(47)23(5)58-40)38(49)41(6,50)15-14-26(43)20(2)16-24(17-30(52-9)53-10)35(21(3)27(44)18-29(45)59-28)60-39-34(48)31(42(7,8)51)32(46)22(4)57-39/h14-15,20-25,27-28,30-40,44,46-50H,13,16-19H2,1-12H3/b15-14+/t20-,21+,22-,23-,24-,25?,27-,28-,31+,32-,33-,34-,35-,36-,37-,38?,39+,40-,41?/m1/s1. The van der Waals surface area contributed by atoms with Crippen molar-refractivity contribution in [2.45, 2.75) is 165 Å². The van der Waals surface area contributed by atoms with Crippen molar-refractivity contribution < 1.29 is 87.5 Å². The van der Waals surface area contributed by atoms with Crippen LogP contribution in [0.2, 0.25) is 0 Å². The van der Waals surface area contributed by atoms with E-state index in [9.17, 15) is 45.4 Å². The third-order valence-electron chi connectivity index (χ3n) is 12.5. The maximum absolute atomic E-state index is 13.8. The molecule has 0 aromatic carbocycles. The summed E-state index contributed by atoms with van der Waals surface area (Å²) in [5.74, 6) is -4.83. The maximum atomic E-state index is 13.8. The van der Waals surface area contributed by atoms with Crippen molar-refractivity contribution in [1.29, 1.82) is 0 Å². The van der Waals surface area contributed by atoms with Crippen LogP contribution in [0.4, 0.5) is 0 Å². The molecule has 3 unspecified atom stereocenters. The molecular formula is C41H73NO18. The number of methoxy groups -OCH3 is 4. The van der Waals surface area contributed by atoms with E-state index in [1.165, 1.54) is 62.5 Å². The van der Waals surface area contributed by atoms with Crippen molar-refractivity contribution in [1.82, 2.24) is 0 Å². The number of hydrogen-bond acceptors (Lipinski definition) is 18. The first-order valence-electron chi connectivity index (χ1n) is 20.8. The van der Waals surface area contributed by atoms with Crippen LogP contribution in [-0.2, 0) is 52.2 Å². The molecule has 0 amide bonds. The number of carbonyl (C=O) groups is 2. The Morgan fingerprint density at radius 2 is 1.47 bits per heavy atom. The van der Waals surface area contributed by atoms with Crippen LogP contribution in [0.25, 0.3) is 0 Å². The number of rotatable bonds is 13. The van der Waals surface area contributed by atoms with Gasteiger partial charge in [-0.1, -0.05) is 20.8 Å². The Labute approximate surface area is 353 Å². The molecule has 0 aromatic heterocycles. The lowest BCUT2D eigenvalue weighted by Crippen LogP contribution is -2.67. The molecule has 3 rings (SSSR count). The van der Waals surface area contributed by atoms with Gasteiger partial charge in [0.1, 0.15) is 42.2 Å². The summed E-state index contributed by atoms with van der Waals surface area (Å²) in [5, 5.41) is 81.4. The van der Waals surface area contributed by atoms with Gasteiger partial charge in [0.2, 0.25) is 0 Å². The smallest absolute Gasteiger partial charge is 0.308 e. The zero-order valence-corrected chi connectivity index (χ0v) is 37.2. The minimum Gasteiger partial charge on any atom is -0.633 e. The van der Waals surface area contributed by atoms with Gasteiger partial charge in [0.25, 0.3) is 0 Å². The van der Waals surface area contributed by atoms with Crippen LogP contribution in [0.15, 0.2) is 12.2 Å². The number of cyclic esters (lactones) is 1. The minimum absolute atomic E-state index is 0.0722. The highest BCUT2D eigenvalue weighted by Crippen LogP contribution is 2.37. The number of aliphatic hydroxyl groups excluding tert-OH is 5. The SMILES string of the molecule is CC[C@H]1OC(=O)C[C@@H](O)[C@H](C)[C@@H](O[C@@H]2O[C@H](C)[C@@H](O)[C@H]([N+](C)(C)[O-])[C@H]2O)[C@@H](CC(OC)OC)C[C@@H](C)C(=O)/C=C/C(C)(O)C(O)C1CO[C@@H]1O[C@H](C)[C@@H](O)[C@@H](OC)[C@H]1OC. The Morgan fingerprint density at radius 3 is 2.02 bits per heavy atom. The van der Waals surface area contributed by atoms with Crippen molar-refractivity contribution in [3.05, 3.63) is 17.4 Å². The fourth-order valence-corrected chi connectivity index (χ4v) is 8.61. The van der Waals surface area contributed by atoms with E-state index in [1.807, 2.05) is 0 Å². The van der Waals surface area contributed by atoms with Gasteiger partial charge in [0.15, 0.2) is 30.8 Å². The lowest BCUT2D eigenvalue weighted by molar-refractivity contribution is -0.879. The summed E-state index contributed by atoms with van der Waals surface area (Å²) >= 11 is 0. The summed E-state index contributed by atoms with van der Waals surface area (Å²) in [6.07, 6.45) is -14.2. The molecule has 6 N–H and O–H groups in total.